The first-order valence-corrected chi connectivity index (χ1v) is 4.44. The number of hydrogen-bond acceptors (Lipinski definition) is 1. The summed E-state index contributed by atoms with van der Waals surface area (Å²) in [5.74, 6) is 1.30. The topological polar surface area (TPSA) is 20.2 Å². The molecule has 1 N–H and O–H groups in total. The van der Waals surface area contributed by atoms with Gasteiger partial charge in [-0.25, -0.2) is 0 Å². The van der Waals surface area contributed by atoms with Gasteiger partial charge in [0.05, 0.1) is 0 Å². The Morgan fingerprint density at radius 2 is 2.00 bits per heavy atom. The fourth-order valence-corrected chi connectivity index (χ4v) is 1.34. The minimum absolute atomic E-state index is 0.307. The highest BCUT2D eigenvalue weighted by molar-refractivity contribution is 4.85. The monoisotopic (exact) mass is 156 g/mol. The Morgan fingerprint density at radius 1 is 1.36 bits per heavy atom. The van der Waals surface area contributed by atoms with E-state index in [1.54, 1.807) is 0 Å². The lowest BCUT2D eigenvalue weighted by Gasteiger charge is -2.13. The summed E-state index contributed by atoms with van der Waals surface area (Å²) in [6.45, 7) is 6.77. The minimum Gasteiger partial charge on any atom is -0.396 e. The van der Waals surface area contributed by atoms with Gasteiger partial charge in [0.1, 0.15) is 0 Å². The molecule has 0 amide bonds. The fourth-order valence-electron chi connectivity index (χ4n) is 1.34. The van der Waals surface area contributed by atoms with Crippen molar-refractivity contribution in [2.45, 2.75) is 33.6 Å². The molecule has 11 heavy (non-hydrogen) atoms. The normalized spacial score (nSPS) is 14.6. The highest BCUT2D eigenvalue weighted by atomic mass is 16.3. The van der Waals surface area contributed by atoms with Gasteiger partial charge in [0, 0.05) is 6.61 Å². The van der Waals surface area contributed by atoms with Crippen LogP contribution >= 0.6 is 0 Å². The summed E-state index contributed by atoms with van der Waals surface area (Å²) in [7, 11) is 0. The van der Waals surface area contributed by atoms with E-state index in [1.165, 1.54) is 6.42 Å². The fraction of sp³-hybridized carbons (Fsp3) is 0.800. The first kappa shape index (κ1) is 10.7. The van der Waals surface area contributed by atoms with Crippen molar-refractivity contribution >= 4 is 0 Å². The van der Waals surface area contributed by atoms with Crippen molar-refractivity contribution in [1.82, 2.24) is 0 Å². The Balaban J connectivity index is 3.69. The van der Waals surface area contributed by atoms with Crippen molar-refractivity contribution in [3.63, 3.8) is 0 Å². The van der Waals surface area contributed by atoms with Gasteiger partial charge in [0.2, 0.25) is 0 Å². The molecule has 0 rings (SSSR count). The van der Waals surface area contributed by atoms with E-state index >= 15 is 0 Å². The van der Waals surface area contributed by atoms with Crippen molar-refractivity contribution in [2.75, 3.05) is 6.61 Å². The molecule has 0 aromatic heterocycles. The first-order chi connectivity index (χ1) is 5.20. The van der Waals surface area contributed by atoms with Crippen LogP contribution in [0.3, 0.4) is 0 Å². The summed E-state index contributed by atoms with van der Waals surface area (Å²) in [6.07, 6.45) is 6.35. The predicted octanol–water partition coefficient (Wildman–Crippen LogP) is 2.61. The highest BCUT2D eigenvalue weighted by Crippen LogP contribution is 2.16. The maximum Gasteiger partial charge on any atom is 0.0436 e. The zero-order chi connectivity index (χ0) is 8.69. The molecule has 0 saturated heterocycles. The lowest BCUT2D eigenvalue weighted by atomic mass is 9.94. The lowest BCUT2D eigenvalue weighted by Crippen LogP contribution is -2.03. The third kappa shape index (κ3) is 6.11. The van der Waals surface area contributed by atoms with Crippen LogP contribution in [0.2, 0.25) is 0 Å². The van der Waals surface area contributed by atoms with Crippen LogP contribution in [0.5, 0.6) is 0 Å². The van der Waals surface area contributed by atoms with E-state index in [4.69, 9.17) is 5.11 Å². The molecule has 1 nitrogen and oxygen atoms in total. The zero-order valence-electron chi connectivity index (χ0n) is 7.88. The predicted molar refractivity (Wildman–Crippen MR) is 49.5 cm³/mol. The van der Waals surface area contributed by atoms with E-state index in [-0.39, 0.29) is 0 Å². The number of aliphatic hydroxyl groups is 1. The summed E-state index contributed by atoms with van der Waals surface area (Å²) < 4.78 is 0. The number of hydrogen-bond donors (Lipinski definition) is 1. The van der Waals surface area contributed by atoms with Crippen molar-refractivity contribution < 1.29 is 5.11 Å². The Morgan fingerprint density at radius 3 is 2.36 bits per heavy atom. The highest BCUT2D eigenvalue weighted by Gasteiger charge is 2.05. The average Bonchev–Trinajstić information content (AvgIpc) is 1.87. The molecule has 0 aromatic carbocycles. The van der Waals surface area contributed by atoms with Crippen molar-refractivity contribution in [1.29, 1.82) is 0 Å². The summed E-state index contributed by atoms with van der Waals surface area (Å²) in [6, 6.07) is 0. The SMILES string of the molecule is C/C=C/[C@H](CCO)CC(C)C. The molecule has 0 aliphatic carbocycles. The summed E-state index contributed by atoms with van der Waals surface area (Å²) >= 11 is 0. The standard InChI is InChI=1S/C10H20O/c1-4-5-10(6-7-11)8-9(2)3/h4-5,9-11H,6-8H2,1-3H3/b5-4+/t10-/m1/s1. The number of allylic oxidation sites excluding steroid dienone is 2. The van der Waals surface area contributed by atoms with E-state index in [9.17, 15) is 0 Å². The number of rotatable bonds is 5. The number of aliphatic hydroxyl groups excluding tert-OH is 1. The molecule has 66 valence electrons. The van der Waals surface area contributed by atoms with Gasteiger partial charge in [-0.1, -0.05) is 26.0 Å². The van der Waals surface area contributed by atoms with Crippen LogP contribution in [-0.4, -0.2) is 11.7 Å². The second kappa shape index (κ2) is 6.41. The van der Waals surface area contributed by atoms with Gasteiger partial charge in [-0.3, -0.25) is 0 Å². The molecule has 0 heterocycles. The molecule has 0 spiro atoms. The van der Waals surface area contributed by atoms with Gasteiger partial charge in [0.25, 0.3) is 0 Å². The Kier molecular flexibility index (Phi) is 6.24. The summed E-state index contributed by atoms with van der Waals surface area (Å²) in [5, 5.41) is 8.74. The van der Waals surface area contributed by atoms with Gasteiger partial charge >= 0.3 is 0 Å². The van der Waals surface area contributed by atoms with E-state index in [0.29, 0.717) is 12.5 Å². The second-order valence-electron chi connectivity index (χ2n) is 3.43. The third-order valence-electron chi connectivity index (χ3n) is 1.74. The molecule has 1 heteroatoms. The van der Waals surface area contributed by atoms with Crippen LogP contribution in [0.1, 0.15) is 33.6 Å². The molecule has 1 atom stereocenters. The van der Waals surface area contributed by atoms with Gasteiger partial charge in [-0.15, -0.1) is 0 Å². The minimum atomic E-state index is 0.307. The van der Waals surface area contributed by atoms with Crippen LogP contribution in [0.4, 0.5) is 0 Å². The van der Waals surface area contributed by atoms with Crippen LogP contribution in [0, 0.1) is 11.8 Å². The molecular formula is C10H20O. The third-order valence-corrected chi connectivity index (χ3v) is 1.74. The van der Waals surface area contributed by atoms with Crippen LogP contribution in [0.15, 0.2) is 12.2 Å². The van der Waals surface area contributed by atoms with E-state index in [0.717, 1.165) is 12.3 Å². The summed E-state index contributed by atoms with van der Waals surface area (Å²) in [5.41, 5.74) is 0. The van der Waals surface area contributed by atoms with E-state index < -0.39 is 0 Å². The molecule has 0 bridgehead atoms. The maximum atomic E-state index is 8.74. The van der Waals surface area contributed by atoms with Crippen molar-refractivity contribution in [3.05, 3.63) is 12.2 Å². The molecule has 0 aliphatic rings. The van der Waals surface area contributed by atoms with Crippen molar-refractivity contribution in [3.8, 4) is 0 Å². The molecule has 0 aliphatic heterocycles. The lowest BCUT2D eigenvalue weighted by molar-refractivity contribution is 0.260. The van der Waals surface area contributed by atoms with Crippen molar-refractivity contribution in [2.24, 2.45) is 11.8 Å². The van der Waals surface area contributed by atoms with Crippen LogP contribution in [-0.2, 0) is 0 Å². The first-order valence-electron chi connectivity index (χ1n) is 4.44. The summed E-state index contributed by atoms with van der Waals surface area (Å²) in [4.78, 5) is 0. The zero-order valence-corrected chi connectivity index (χ0v) is 7.88. The Hall–Kier alpha value is -0.300. The molecule has 0 aromatic rings. The second-order valence-corrected chi connectivity index (χ2v) is 3.43. The largest absolute Gasteiger partial charge is 0.396 e. The molecule has 0 radical (unpaired) electrons. The van der Waals surface area contributed by atoms with Gasteiger partial charge < -0.3 is 5.11 Å². The maximum absolute atomic E-state index is 8.74. The van der Waals surface area contributed by atoms with Crippen LogP contribution < -0.4 is 0 Å². The van der Waals surface area contributed by atoms with Crippen LogP contribution in [0.25, 0.3) is 0 Å². The quantitative estimate of drug-likeness (QED) is 0.607. The van der Waals surface area contributed by atoms with E-state index in [2.05, 4.69) is 26.0 Å². The average molecular weight is 156 g/mol. The van der Waals surface area contributed by atoms with Gasteiger partial charge in [-0.2, -0.15) is 0 Å². The van der Waals surface area contributed by atoms with Gasteiger partial charge in [-0.05, 0) is 31.6 Å². The molecule has 0 saturated carbocycles. The molecule has 0 unspecified atom stereocenters. The Labute approximate surface area is 70.1 Å². The Bertz CT molecular complexity index is 105. The van der Waals surface area contributed by atoms with Gasteiger partial charge in [0.15, 0.2) is 0 Å². The molecule has 0 fully saturated rings. The molecular weight excluding hydrogens is 136 g/mol. The van der Waals surface area contributed by atoms with E-state index in [1.807, 2.05) is 6.92 Å². The smallest absolute Gasteiger partial charge is 0.0436 e.